The summed E-state index contributed by atoms with van der Waals surface area (Å²) >= 11 is 0. The summed E-state index contributed by atoms with van der Waals surface area (Å²) in [5.74, 6) is -4.01. The maximum absolute atomic E-state index is 14.8. The van der Waals surface area contributed by atoms with Crippen LogP contribution in [-0.4, -0.2) is 50.6 Å². The van der Waals surface area contributed by atoms with Crippen molar-refractivity contribution in [3.05, 3.63) is 30.3 Å². The third-order valence-corrected chi connectivity index (χ3v) is 9.53. The van der Waals surface area contributed by atoms with Crippen molar-refractivity contribution in [1.29, 1.82) is 0 Å². The predicted molar refractivity (Wildman–Crippen MR) is 135 cm³/mol. The average molecular weight is 570 g/mol. The first-order valence-corrected chi connectivity index (χ1v) is 14.7. The van der Waals surface area contributed by atoms with Gasteiger partial charge in [0.2, 0.25) is 6.29 Å². The Hall–Kier alpha value is -2.73. The maximum Gasteiger partial charge on any atom is 0.511 e. The molecule has 0 bridgehead atoms. The largest absolute Gasteiger partial charge is 0.511 e. The molecule has 0 saturated heterocycles. The normalized spacial score (nSPS) is 34.5. The fraction of sp³-hybridized carbons (Fsp3) is 0.667. The second-order valence-corrected chi connectivity index (χ2v) is 12.9. The Morgan fingerprint density at radius 2 is 1.72 bits per heavy atom. The van der Waals surface area contributed by atoms with Crippen LogP contribution >= 0.6 is 0 Å². The molecule has 0 aliphatic heterocycles. The average Bonchev–Trinajstić information content (AvgIpc) is 3.50. The molecule has 2 N–H and O–H groups in total. The van der Waals surface area contributed by atoms with Gasteiger partial charge in [-0.1, -0.05) is 45.4 Å². The summed E-state index contributed by atoms with van der Waals surface area (Å²) in [5.41, 5.74) is 3.74. The number of rotatable bonds is 8. The molecule has 1 aromatic rings. The molecule has 216 valence electrons. The number of hydrogen-bond donors (Lipinski definition) is 1. The van der Waals surface area contributed by atoms with E-state index in [4.69, 9.17) is 19.9 Å². The van der Waals surface area contributed by atoms with Gasteiger partial charge < -0.3 is 24.1 Å². The molecule has 4 rings (SSSR count). The summed E-state index contributed by atoms with van der Waals surface area (Å²) in [6, 6.07) is 6.89. The summed E-state index contributed by atoms with van der Waals surface area (Å²) in [5, 5.41) is 0. The number of carbonyl (C=O) groups excluding carboxylic acids is 3. The number of alkyl halides is 1. The van der Waals surface area contributed by atoms with Crippen LogP contribution in [0.3, 0.4) is 0 Å². The Labute approximate surface area is 227 Å². The van der Waals surface area contributed by atoms with Crippen molar-refractivity contribution in [1.82, 2.24) is 0 Å². The zero-order valence-electron chi connectivity index (χ0n) is 22.4. The highest BCUT2D eigenvalue weighted by atomic mass is 32.2. The molecule has 10 nitrogen and oxygen atoms in total. The van der Waals surface area contributed by atoms with E-state index in [2.05, 4.69) is 25.0 Å². The SMILES string of the molecule is CC(C)[C@@H]1CC[C@@H](C)C[C@H]1OC(=O)O[C@@H](C)OC(=O)[C@H]1[C@@H]2C[C@H](F)[C@@](N)(C(=O)OS(=O)(=O)c3ccccc3)[C@@H]21. The van der Waals surface area contributed by atoms with E-state index in [-0.39, 0.29) is 23.3 Å². The van der Waals surface area contributed by atoms with Crippen molar-refractivity contribution in [2.45, 2.75) is 82.4 Å². The third kappa shape index (κ3) is 5.91. The van der Waals surface area contributed by atoms with E-state index in [1.165, 1.54) is 31.2 Å². The number of halogens is 1. The Bertz CT molecular complexity index is 1190. The maximum atomic E-state index is 14.8. The van der Waals surface area contributed by atoms with Gasteiger partial charge in [0, 0.05) is 12.8 Å². The summed E-state index contributed by atoms with van der Waals surface area (Å²) < 4.78 is 60.4. The van der Waals surface area contributed by atoms with Crippen LogP contribution in [0.2, 0.25) is 0 Å². The number of nitrogens with two attached hydrogens (primary N) is 1. The van der Waals surface area contributed by atoms with Crippen LogP contribution in [0.4, 0.5) is 9.18 Å². The van der Waals surface area contributed by atoms with Gasteiger partial charge in [-0.3, -0.25) is 4.79 Å². The van der Waals surface area contributed by atoms with Gasteiger partial charge in [0.25, 0.3) is 0 Å². The summed E-state index contributed by atoms with van der Waals surface area (Å²) in [4.78, 5) is 37.8. The van der Waals surface area contributed by atoms with Gasteiger partial charge >= 0.3 is 28.2 Å². The highest BCUT2D eigenvalue weighted by Crippen LogP contribution is 2.63. The summed E-state index contributed by atoms with van der Waals surface area (Å²) in [6.45, 7) is 7.59. The molecule has 39 heavy (non-hydrogen) atoms. The van der Waals surface area contributed by atoms with Gasteiger partial charge in [0.15, 0.2) is 5.54 Å². The number of carbonyl (C=O) groups is 3. The van der Waals surface area contributed by atoms with Crippen LogP contribution < -0.4 is 5.73 Å². The number of hydrogen-bond acceptors (Lipinski definition) is 10. The van der Waals surface area contributed by atoms with Crippen LogP contribution in [0.1, 0.15) is 53.4 Å². The van der Waals surface area contributed by atoms with Crippen molar-refractivity contribution in [2.75, 3.05) is 0 Å². The first kappa shape index (κ1) is 29.3. The van der Waals surface area contributed by atoms with E-state index in [0.717, 1.165) is 19.3 Å². The second kappa shape index (κ2) is 11.0. The monoisotopic (exact) mass is 569 g/mol. The molecule has 0 spiro atoms. The van der Waals surface area contributed by atoms with Gasteiger partial charge in [0.1, 0.15) is 17.2 Å². The lowest BCUT2D eigenvalue weighted by atomic mass is 9.75. The smallest absolute Gasteiger partial charge is 0.431 e. The van der Waals surface area contributed by atoms with Crippen LogP contribution in [0.5, 0.6) is 0 Å². The zero-order chi connectivity index (χ0) is 28.7. The molecule has 9 atom stereocenters. The molecular formula is C27H36FNO9S. The third-order valence-electron chi connectivity index (χ3n) is 8.31. The molecule has 3 aliphatic rings. The fourth-order valence-corrected chi connectivity index (χ4v) is 7.09. The van der Waals surface area contributed by atoms with E-state index in [9.17, 15) is 27.2 Å². The predicted octanol–water partition coefficient (Wildman–Crippen LogP) is 3.72. The van der Waals surface area contributed by atoms with E-state index in [1.54, 1.807) is 6.07 Å². The minimum atomic E-state index is -4.54. The number of esters is 1. The fourth-order valence-electron chi connectivity index (χ4n) is 6.16. The molecule has 12 heteroatoms. The Morgan fingerprint density at radius 1 is 1.05 bits per heavy atom. The highest BCUT2D eigenvalue weighted by molar-refractivity contribution is 7.87. The Balaban J connectivity index is 1.33. The van der Waals surface area contributed by atoms with E-state index < -0.39 is 64.0 Å². The molecule has 0 amide bonds. The molecule has 3 aliphatic carbocycles. The molecule has 3 fully saturated rings. The standard InChI is InChI=1S/C27H36FNO9S/c1-14(2)18-11-10-15(3)12-20(18)37-26(32)36-16(4)35-24(30)22-19-13-21(28)27(29,23(19)22)25(31)38-39(33,34)17-8-6-5-7-9-17/h5-9,14-16,18-23H,10-13,29H2,1-4H3/t15-,16+,18+,19+,20-,21+,22+,23+,27+/m1/s1. The zero-order valence-corrected chi connectivity index (χ0v) is 23.3. The molecule has 0 aromatic heterocycles. The highest BCUT2D eigenvalue weighted by Gasteiger charge is 2.75. The quantitative estimate of drug-likeness (QED) is 0.279. The lowest BCUT2D eigenvalue weighted by Crippen LogP contribution is -2.57. The molecule has 0 heterocycles. The van der Waals surface area contributed by atoms with Gasteiger partial charge in [-0.2, -0.15) is 8.42 Å². The summed E-state index contributed by atoms with van der Waals surface area (Å²) in [7, 11) is -4.54. The van der Waals surface area contributed by atoms with Crippen molar-refractivity contribution in [3.63, 3.8) is 0 Å². The molecule has 0 radical (unpaired) electrons. The number of benzene rings is 1. The lowest BCUT2D eigenvalue weighted by Gasteiger charge is -2.36. The Kier molecular flexibility index (Phi) is 8.28. The first-order valence-electron chi connectivity index (χ1n) is 13.3. The second-order valence-electron chi connectivity index (χ2n) is 11.3. The molecule has 1 aromatic carbocycles. The van der Waals surface area contributed by atoms with Crippen molar-refractivity contribution in [2.24, 2.45) is 41.2 Å². The minimum absolute atomic E-state index is 0.203. The van der Waals surface area contributed by atoms with Gasteiger partial charge in [-0.15, -0.1) is 0 Å². The van der Waals surface area contributed by atoms with E-state index >= 15 is 0 Å². The van der Waals surface area contributed by atoms with Crippen LogP contribution in [0.25, 0.3) is 0 Å². The van der Waals surface area contributed by atoms with Gasteiger partial charge in [-0.25, -0.2) is 14.0 Å². The van der Waals surface area contributed by atoms with Crippen LogP contribution in [0, 0.1) is 35.5 Å². The van der Waals surface area contributed by atoms with Crippen molar-refractivity contribution >= 4 is 28.2 Å². The van der Waals surface area contributed by atoms with Crippen molar-refractivity contribution < 1.29 is 45.6 Å². The van der Waals surface area contributed by atoms with Gasteiger partial charge in [-0.05, 0) is 55.1 Å². The van der Waals surface area contributed by atoms with Gasteiger partial charge in [0.05, 0.1) is 5.92 Å². The number of ether oxygens (including phenoxy) is 3. The number of fused-ring (bicyclic) bond motifs is 1. The molecular weight excluding hydrogens is 533 g/mol. The topological polar surface area (TPSA) is 148 Å². The lowest BCUT2D eigenvalue weighted by molar-refractivity contribution is -0.173. The van der Waals surface area contributed by atoms with E-state index in [0.29, 0.717) is 11.8 Å². The van der Waals surface area contributed by atoms with Crippen molar-refractivity contribution in [3.8, 4) is 0 Å². The molecule has 3 saturated carbocycles. The first-order chi connectivity index (χ1) is 18.3. The molecule has 0 unspecified atom stereocenters. The minimum Gasteiger partial charge on any atom is -0.431 e. The van der Waals surface area contributed by atoms with Crippen LogP contribution in [0.15, 0.2) is 35.2 Å². The van der Waals surface area contributed by atoms with E-state index in [1.807, 2.05) is 0 Å². The summed E-state index contributed by atoms with van der Waals surface area (Å²) in [6.07, 6.45) is -1.99. The van der Waals surface area contributed by atoms with Crippen LogP contribution in [-0.2, 0) is 38.1 Å². The Morgan fingerprint density at radius 3 is 2.36 bits per heavy atom.